The van der Waals surface area contributed by atoms with Gasteiger partial charge in [0, 0.05) is 13.1 Å². The molecule has 2 aromatic carbocycles. The number of aryl methyl sites for hydroxylation is 2. The number of nitrogens with one attached hydrogen (secondary N) is 1. The number of halogens is 1. The molecule has 2 rings (SSSR count). The average Bonchev–Trinajstić information content (AvgIpc) is 2.75. The third-order valence-corrected chi connectivity index (χ3v) is 5.83. The first kappa shape index (κ1) is 24.9. The Bertz CT molecular complexity index is 898. The topological polar surface area (TPSA) is 58.6 Å². The van der Waals surface area contributed by atoms with Crippen LogP contribution in [0.15, 0.2) is 46.9 Å². The van der Waals surface area contributed by atoms with E-state index in [0.29, 0.717) is 24.8 Å². The highest BCUT2D eigenvalue weighted by atomic mass is 79.9. The van der Waals surface area contributed by atoms with E-state index in [4.69, 9.17) is 4.74 Å². The van der Waals surface area contributed by atoms with E-state index in [2.05, 4.69) is 28.2 Å². The normalized spacial score (nSPS) is 11.8. The molecule has 1 atom stereocenters. The molecule has 1 N–H and O–H groups in total. The lowest BCUT2D eigenvalue weighted by Crippen LogP contribution is -2.49. The minimum absolute atomic E-state index is 0.141. The molecular formula is C25H33BrN2O3. The number of hydrogen-bond donors (Lipinski definition) is 1. The van der Waals surface area contributed by atoms with Gasteiger partial charge in [-0.25, -0.2) is 0 Å². The quantitative estimate of drug-likeness (QED) is 0.517. The number of rotatable bonds is 10. The Morgan fingerprint density at radius 2 is 1.84 bits per heavy atom. The molecular weight excluding hydrogens is 456 g/mol. The van der Waals surface area contributed by atoms with E-state index in [1.165, 1.54) is 5.56 Å². The Balaban J connectivity index is 2.17. The van der Waals surface area contributed by atoms with Gasteiger partial charge in [0.1, 0.15) is 11.8 Å². The molecule has 0 fully saturated rings. The molecule has 0 spiro atoms. The fraction of sp³-hybridized carbons (Fsp3) is 0.440. The lowest BCUT2D eigenvalue weighted by atomic mass is 10.1. The van der Waals surface area contributed by atoms with Crippen molar-refractivity contribution in [1.82, 2.24) is 10.2 Å². The first-order valence-electron chi connectivity index (χ1n) is 10.8. The second-order valence-electron chi connectivity index (χ2n) is 8.17. The predicted octanol–water partition coefficient (Wildman–Crippen LogP) is 4.89. The molecule has 2 aromatic rings. The third-order valence-electron chi connectivity index (χ3n) is 5.21. The smallest absolute Gasteiger partial charge is 0.261 e. The standard InChI is InChI=1S/C25H33BrN2O3/c1-6-20-11-12-23(22(26)13-20)31-16-24(29)28(15-21-10-8-7-9-18(21)4)19(5)25(30)27-14-17(2)3/h7-13,17,19H,6,14-16H2,1-5H3,(H,27,30). The summed E-state index contributed by atoms with van der Waals surface area (Å²) in [5, 5.41) is 2.93. The number of nitrogens with zero attached hydrogens (tertiary/aromatic N) is 1. The summed E-state index contributed by atoms with van der Waals surface area (Å²) < 4.78 is 6.62. The van der Waals surface area contributed by atoms with E-state index >= 15 is 0 Å². The van der Waals surface area contributed by atoms with E-state index in [1.54, 1.807) is 11.8 Å². The summed E-state index contributed by atoms with van der Waals surface area (Å²) in [4.78, 5) is 27.5. The van der Waals surface area contributed by atoms with E-state index in [9.17, 15) is 9.59 Å². The molecule has 31 heavy (non-hydrogen) atoms. The second kappa shape index (κ2) is 11.9. The molecule has 2 amide bonds. The number of ether oxygens (including phenoxy) is 1. The highest BCUT2D eigenvalue weighted by Gasteiger charge is 2.27. The monoisotopic (exact) mass is 488 g/mol. The molecule has 0 bridgehead atoms. The third kappa shape index (κ3) is 7.39. The van der Waals surface area contributed by atoms with Gasteiger partial charge in [-0.15, -0.1) is 0 Å². The molecule has 5 nitrogen and oxygen atoms in total. The minimum atomic E-state index is -0.611. The van der Waals surface area contributed by atoms with Crippen LogP contribution in [-0.2, 0) is 22.6 Å². The number of benzene rings is 2. The van der Waals surface area contributed by atoms with Crippen molar-refractivity contribution in [2.75, 3.05) is 13.2 Å². The van der Waals surface area contributed by atoms with Crippen LogP contribution < -0.4 is 10.1 Å². The maximum Gasteiger partial charge on any atom is 0.261 e. The molecule has 168 valence electrons. The second-order valence-corrected chi connectivity index (χ2v) is 9.02. The van der Waals surface area contributed by atoms with Gasteiger partial charge in [-0.05, 0) is 70.9 Å². The largest absolute Gasteiger partial charge is 0.483 e. The average molecular weight is 489 g/mol. The number of carbonyl (C=O) groups excluding carboxylic acids is 2. The zero-order valence-electron chi connectivity index (χ0n) is 19.1. The van der Waals surface area contributed by atoms with Gasteiger partial charge in [-0.1, -0.05) is 51.1 Å². The summed E-state index contributed by atoms with van der Waals surface area (Å²) in [6, 6.07) is 13.1. The van der Waals surface area contributed by atoms with Crippen molar-refractivity contribution in [3.63, 3.8) is 0 Å². The maximum atomic E-state index is 13.2. The summed E-state index contributed by atoms with van der Waals surface area (Å²) in [6.07, 6.45) is 0.922. The van der Waals surface area contributed by atoms with E-state index in [1.807, 2.05) is 63.2 Å². The predicted molar refractivity (Wildman–Crippen MR) is 128 cm³/mol. The minimum Gasteiger partial charge on any atom is -0.483 e. The molecule has 0 saturated carbocycles. The Hall–Kier alpha value is -2.34. The lowest BCUT2D eigenvalue weighted by Gasteiger charge is -2.29. The summed E-state index contributed by atoms with van der Waals surface area (Å²) in [7, 11) is 0. The first-order chi connectivity index (χ1) is 14.7. The van der Waals surface area contributed by atoms with Gasteiger partial charge < -0.3 is 15.0 Å². The van der Waals surface area contributed by atoms with Gasteiger partial charge in [0.15, 0.2) is 6.61 Å². The van der Waals surface area contributed by atoms with Crippen molar-refractivity contribution in [3.05, 3.63) is 63.6 Å². The highest BCUT2D eigenvalue weighted by molar-refractivity contribution is 9.10. The van der Waals surface area contributed by atoms with Crippen LogP contribution >= 0.6 is 15.9 Å². The van der Waals surface area contributed by atoms with E-state index in [0.717, 1.165) is 22.0 Å². The van der Waals surface area contributed by atoms with Crippen molar-refractivity contribution in [1.29, 1.82) is 0 Å². The molecule has 6 heteroatoms. The van der Waals surface area contributed by atoms with Crippen LogP contribution in [0.4, 0.5) is 0 Å². The summed E-state index contributed by atoms with van der Waals surface area (Å²) in [6.45, 7) is 10.7. The van der Waals surface area contributed by atoms with Crippen LogP contribution in [-0.4, -0.2) is 35.9 Å². The Morgan fingerprint density at radius 3 is 2.45 bits per heavy atom. The lowest BCUT2D eigenvalue weighted by molar-refractivity contribution is -0.142. The zero-order valence-corrected chi connectivity index (χ0v) is 20.7. The van der Waals surface area contributed by atoms with E-state index < -0.39 is 6.04 Å². The van der Waals surface area contributed by atoms with E-state index in [-0.39, 0.29) is 18.4 Å². The zero-order chi connectivity index (χ0) is 23.0. The van der Waals surface area contributed by atoms with Gasteiger partial charge in [0.05, 0.1) is 4.47 Å². The maximum absolute atomic E-state index is 13.2. The first-order valence-corrected chi connectivity index (χ1v) is 11.5. The number of hydrogen-bond acceptors (Lipinski definition) is 3. The van der Waals surface area contributed by atoms with Crippen molar-refractivity contribution in [3.8, 4) is 5.75 Å². The number of carbonyl (C=O) groups is 2. The van der Waals surface area contributed by atoms with Crippen LogP contribution in [0.1, 0.15) is 44.4 Å². The molecule has 0 aliphatic rings. The molecule has 1 unspecified atom stereocenters. The van der Waals surface area contributed by atoms with Crippen molar-refractivity contribution in [2.45, 2.75) is 53.6 Å². The Labute approximate surface area is 194 Å². The highest BCUT2D eigenvalue weighted by Crippen LogP contribution is 2.26. The van der Waals surface area contributed by atoms with Gasteiger partial charge >= 0.3 is 0 Å². The van der Waals surface area contributed by atoms with Crippen molar-refractivity contribution >= 4 is 27.7 Å². The fourth-order valence-electron chi connectivity index (χ4n) is 3.11. The van der Waals surface area contributed by atoms with Gasteiger partial charge in [-0.3, -0.25) is 9.59 Å². The Kier molecular flexibility index (Phi) is 9.56. The van der Waals surface area contributed by atoms with Gasteiger partial charge in [-0.2, -0.15) is 0 Å². The summed E-state index contributed by atoms with van der Waals surface area (Å²) in [5.41, 5.74) is 3.27. The van der Waals surface area contributed by atoms with Crippen molar-refractivity contribution < 1.29 is 14.3 Å². The Morgan fingerprint density at radius 1 is 1.13 bits per heavy atom. The van der Waals surface area contributed by atoms with Gasteiger partial charge in [0.2, 0.25) is 5.91 Å². The molecule has 0 saturated heterocycles. The summed E-state index contributed by atoms with van der Waals surface area (Å²) in [5.74, 6) is 0.549. The number of amides is 2. The van der Waals surface area contributed by atoms with Crippen LogP contribution in [0.5, 0.6) is 5.75 Å². The fourth-order valence-corrected chi connectivity index (χ4v) is 3.65. The molecule has 0 aliphatic heterocycles. The van der Waals surface area contributed by atoms with Crippen LogP contribution in [0.2, 0.25) is 0 Å². The SMILES string of the molecule is CCc1ccc(OCC(=O)N(Cc2ccccc2C)C(C)C(=O)NCC(C)C)c(Br)c1. The summed E-state index contributed by atoms with van der Waals surface area (Å²) >= 11 is 3.51. The van der Waals surface area contributed by atoms with Crippen LogP contribution in [0, 0.1) is 12.8 Å². The molecule has 0 aromatic heterocycles. The molecule has 0 aliphatic carbocycles. The molecule has 0 radical (unpaired) electrons. The molecule has 0 heterocycles. The van der Waals surface area contributed by atoms with Crippen molar-refractivity contribution in [2.24, 2.45) is 5.92 Å². The van der Waals surface area contributed by atoms with Gasteiger partial charge in [0.25, 0.3) is 5.91 Å². The van der Waals surface area contributed by atoms with Crippen LogP contribution in [0.25, 0.3) is 0 Å². The van der Waals surface area contributed by atoms with Crippen LogP contribution in [0.3, 0.4) is 0 Å².